The van der Waals surface area contributed by atoms with Gasteiger partial charge in [-0.3, -0.25) is 0 Å². The van der Waals surface area contributed by atoms with E-state index in [1.165, 1.54) is 12.1 Å². The van der Waals surface area contributed by atoms with Crippen LogP contribution in [-0.2, 0) is 6.18 Å². The van der Waals surface area contributed by atoms with Crippen molar-refractivity contribution in [1.82, 2.24) is 9.97 Å². The molecule has 0 amide bonds. The van der Waals surface area contributed by atoms with Crippen LogP contribution in [0.3, 0.4) is 0 Å². The van der Waals surface area contributed by atoms with E-state index in [9.17, 15) is 23.4 Å². The first-order valence-corrected chi connectivity index (χ1v) is 9.87. The molecule has 5 N–H and O–H groups in total. The first-order valence-electron chi connectivity index (χ1n) is 9.49. The molecule has 31 heavy (non-hydrogen) atoms. The van der Waals surface area contributed by atoms with Crippen LogP contribution in [0.15, 0.2) is 28.7 Å². The van der Waals surface area contributed by atoms with E-state index in [0.29, 0.717) is 6.42 Å². The first kappa shape index (κ1) is 23.1. The fourth-order valence-corrected chi connectivity index (χ4v) is 3.56. The average molecular weight is 459 g/mol. The molecule has 2 aromatic heterocycles. The Kier molecular flexibility index (Phi) is 6.63. The van der Waals surface area contributed by atoms with Crippen molar-refractivity contribution in [3.05, 3.63) is 35.0 Å². The maximum absolute atomic E-state index is 13.0. The molecule has 0 spiro atoms. The maximum Gasteiger partial charge on any atom is 0.416 e. The van der Waals surface area contributed by atoms with E-state index in [-0.39, 0.29) is 57.8 Å². The Hall–Kier alpha value is -2.56. The van der Waals surface area contributed by atoms with Gasteiger partial charge in [-0.15, -0.1) is 0 Å². The van der Waals surface area contributed by atoms with Crippen molar-refractivity contribution < 1.29 is 27.8 Å². The molecule has 0 aliphatic rings. The van der Waals surface area contributed by atoms with E-state index < -0.39 is 17.8 Å². The maximum atomic E-state index is 13.0. The number of anilines is 2. The average Bonchev–Trinajstić information content (AvgIpc) is 3.07. The third kappa shape index (κ3) is 5.20. The topological polar surface area (TPSA) is 117 Å². The second-order valence-electron chi connectivity index (χ2n) is 7.42. The number of benzene rings is 1. The number of rotatable bonds is 7. The quantitative estimate of drug-likeness (QED) is 0.389. The molecule has 1 unspecified atom stereocenters. The summed E-state index contributed by atoms with van der Waals surface area (Å²) in [6.45, 7) is 3.20. The van der Waals surface area contributed by atoms with Crippen LogP contribution in [-0.4, -0.2) is 38.9 Å². The number of aromatic nitrogens is 2. The largest absolute Gasteiger partial charge is 0.456 e. The lowest BCUT2D eigenvalue weighted by Gasteiger charge is -2.23. The first-order chi connectivity index (χ1) is 14.5. The number of nitrogen functional groups attached to an aromatic ring is 1. The second kappa shape index (κ2) is 8.89. The number of nitrogens with two attached hydrogens (primary N) is 1. The lowest BCUT2D eigenvalue weighted by Crippen LogP contribution is -2.28. The third-order valence-corrected chi connectivity index (χ3v) is 5.20. The van der Waals surface area contributed by atoms with Crippen molar-refractivity contribution in [2.75, 3.05) is 17.7 Å². The molecule has 168 valence electrons. The number of furan rings is 1. The molecule has 0 fully saturated rings. The second-order valence-corrected chi connectivity index (χ2v) is 7.78. The third-order valence-electron chi connectivity index (χ3n) is 4.93. The number of hydrogen-bond donors (Lipinski definition) is 4. The van der Waals surface area contributed by atoms with Gasteiger partial charge in [0, 0.05) is 24.0 Å². The number of halogens is 4. The zero-order chi connectivity index (χ0) is 22.9. The molecule has 0 aliphatic heterocycles. The Balaban J connectivity index is 1.99. The van der Waals surface area contributed by atoms with E-state index in [0.717, 1.165) is 12.1 Å². The van der Waals surface area contributed by atoms with Crippen LogP contribution in [0.4, 0.5) is 24.9 Å². The molecule has 1 aromatic carbocycles. The van der Waals surface area contributed by atoms with Crippen LogP contribution in [0.5, 0.6) is 0 Å². The molecule has 0 aliphatic carbocycles. The highest BCUT2D eigenvalue weighted by molar-refractivity contribution is 6.32. The van der Waals surface area contributed by atoms with Crippen molar-refractivity contribution in [2.45, 2.75) is 38.6 Å². The predicted molar refractivity (Wildman–Crippen MR) is 112 cm³/mol. The van der Waals surface area contributed by atoms with Gasteiger partial charge < -0.3 is 25.7 Å². The van der Waals surface area contributed by atoms with Crippen LogP contribution < -0.4 is 11.1 Å². The number of alkyl halides is 3. The summed E-state index contributed by atoms with van der Waals surface area (Å²) in [4.78, 5) is 8.08. The molecule has 7 nitrogen and oxygen atoms in total. The van der Waals surface area contributed by atoms with Crippen LogP contribution in [0.25, 0.3) is 22.3 Å². The Morgan fingerprint density at radius 3 is 2.55 bits per heavy atom. The fraction of sp³-hybridized carbons (Fsp3) is 0.400. The molecule has 3 rings (SSSR count). The summed E-state index contributed by atoms with van der Waals surface area (Å²) in [5.74, 6) is -0.0774. The summed E-state index contributed by atoms with van der Waals surface area (Å²) in [6.07, 6.45) is -4.79. The highest BCUT2D eigenvalue weighted by Crippen LogP contribution is 2.39. The standard InChI is InChI=1S/C20H22ClF3N4O3/c1-9(5-12(8-29)10(2)30)26-18-16(17(21)27-19(25)28-18)15-7-11-6-13(20(22,23)24)3-4-14(11)31-15/h3-4,6-7,9-10,12,29-30H,5,8H2,1-2H3,(H3,25,26,27,28)/t9?,10-,12+/m0/s1. The van der Waals surface area contributed by atoms with E-state index in [4.69, 9.17) is 21.8 Å². The van der Waals surface area contributed by atoms with Gasteiger partial charge in [0.15, 0.2) is 0 Å². The molecule has 0 saturated heterocycles. The Labute approximate surface area is 181 Å². The van der Waals surface area contributed by atoms with Crippen molar-refractivity contribution >= 4 is 34.3 Å². The van der Waals surface area contributed by atoms with Crippen molar-refractivity contribution in [2.24, 2.45) is 5.92 Å². The van der Waals surface area contributed by atoms with Gasteiger partial charge in [0.05, 0.1) is 17.2 Å². The smallest absolute Gasteiger partial charge is 0.416 e. The van der Waals surface area contributed by atoms with Gasteiger partial charge in [-0.2, -0.15) is 18.2 Å². The minimum absolute atomic E-state index is 0.0356. The number of nitrogens with zero attached hydrogens (tertiary/aromatic N) is 2. The molecule has 0 radical (unpaired) electrons. The molecule has 11 heteroatoms. The summed E-state index contributed by atoms with van der Waals surface area (Å²) in [5, 5.41) is 22.5. The van der Waals surface area contributed by atoms with E-state index in [2.05, 4.69) is 15.3 Å². The summed E-state index contributed by atoms with van der Waals surface area (Å²) in [6, 6.07) is 4.31. The number of aliphatic hydroxyl groups is 2. The SMILES string of the molecule is CC(C[C@H](CO)[C@H](C)O)Nc1nc(N)nc(Cl)c1-c1cc2cc(C(F)(F)F)ccc2o1. The van der Waals surface area contributed by atoms with Gasteiger partial charge >= 0.3 is 6.18 Å². The highest BCUT2D eigenvalue weighted by Gasteiger charge is 2.31. The predicted octanol–water partition coefficient (Wildman–Crippen LogP) is 4.32. The minimum atomic E-state index is -4.48. The van der Waals surface area contributed by atoms with Gasteiger partial charge in [0.2, 0.25) is 5.95 Å². The normalized spacial score (nSPS) is 15.1. The van der Waals surface area contributed by atoms with Gasteiger partial charge in [0.25, 0.3) is 0 Å². The zero-order valence-corrected chi connectivity index (χ0v) is 17.5. The van der Waals surface area contributed by atoms with Gasteiger partial charge in [0.1, 0.15) is 22.3 Å². The minimum Gasteiger partial charge on any atom is -0.456 e. The fourth-order valence-electron chi connectivity index (χ4n) is 3.29. The van der Waals surface area contributed by atoms with Crippen molar-refractivity contribution in [3.63, 3.8) is 0 Å². The van der Waals surface area contributed by atoms with E-state index in [1.54, 1.807) is 6.92 Å². The Morgan fingerprint density at radius 1 is 1.23 bits per heavy atom. The number of hydrogen-bond acceptors (Lipinski definition) is 7. The van der Waals surface area contributed by atoms with Gasteiger partial charge in [-0.25, -0.2) is 4.98 Å². The molecule has 3 atom stereocenters. The van der Waals surface area contributed by atoms with Crippen molar-refractivity contribution in [3.8, 4) is 11.3 Å². The molecular weight excluding hydrogens is 437 g/mol. The molecule has 3 aromatic rings. The number of aliphatic hydroxyl groups excluding tert-OH is 2. The molecular formula is C20H22ClF3N4O3. The molecule has 2 heterocycles. The Bertz CT molecular complexity index is 1070. The summed E-state index contributed by atoms with van der Waals surface area (Å²) >= 11 is 6.28. The van der Waals surface area contributed by atoms with E-state index >= 15 is 0 Å². The Morgan fingerprint density at radius 2 is 1.94 bits per heavy atom. The van der Waals surface area contributed by atoms with Crippen LogP contribution in [0.1, 0.15) is 25.8 Å². The van der Waals surface area contributed by atoms with Gasteiger partial charge in [-0.05, 0) is 44.5 Å². The van der Waals surface area contributed by atoms with Crippen LogP contribution in [0.2, 0.25) is 5.15 Å². The lowest BCUT2D eigenvalue weighted by molar-refractivity contribution is -0.137. The van der Waals surface area contributed by atoms with Crippen LogP contribution in [0, 0.1) is 5.92 Å². The summed E-state index contributed by atoms with van der Waals surface area (Å²) in [7, 11) is 0. The van der Waals surface area contributed by atoms with Crippen LogP contribution >= 0.6 is 11.6 Å². The highest BCUT2D eigenvalue weighted by atomic mass is 35.5. The number of nitrogens with one attached hydrogen (secondary N) is 1. The summed E-state index contributed by atoms with van der Waals surface area (Å²) in [5.41, 5.74) is 5.40. The van der Waals surface area contributed by atoms with Crippen molar-refractivity contribution in [1.29, 1.82) is 0 Å². The monoisotopic (exact) mass is 458 g/mol. The number of fused-ring (bicyclic) bond motifs is 1. The lowest BCUT2D eigenvalue weighted by atomic mass is 9.96. The summed E-state index contributed by atoms with van der Waals surface area (Å²) < 4.78 is 44.8. The molecule has 0 bridgehead atoms. The van der Waals surface area contributed by atoms with E-state index in [1.807, 2.05) is 6.92 Å². The zero-order valence-electron chi connectivity index (χ0n) is 16.7. The van der Waals surface area contributed by atoms with Gasteiger partial charge in [-0.1, -0.05) is 11.6 Å². The molecule has 0 saturated carbocycles.